The van der Waals surface area contributed by atoms with Crippen LogP contribution in [0, 0.1) is 0 Å². The molecule has 8 nitrogen and oxygen atoms in total. The highest BCUT2D eigenvalue weighted by atomic mass is 32.2. The number of nitrogens with two attached hydrogens (primary N) is 1. The van der Waals surface area contributed by atoms with Gasteiger partial charge in [0.25, 0.3) is 5.91 Å². The van der Waals surface area contributed by atoms with Crippen LogP contribution in [-0.4, -0.2) is 48.6 Å². The monoisotopic (exact) mass is 571 g/mol. The van der Waals surface area contributed by atoms with Crippen LogP contribution in [0.1, 0.15) is 30.1 Å². The molecule has 0 unspecified atom stereocenters. The lowest BCUT2D eigenvalue weighted by atomic mass is 10.2. The second-order valence-electron chi connectivity index (χ2n) is 8.81. The zero-order chi connectivity index (χ0) is 29.5. The first-order valence-corrected chi connectivity index (χ1v) is 14.4. The summed E-state index contributed by atoms with van der Waals surface area (Å²) >= 11 is 1.60. The molecule has 5 rings (SSSR count). The van der Waals surface area contributed by atoms with E-state index in [-0.39, 0.29) is 5.91 Å². The fourth-order valence-corrected chi connectivity index (χ4v) is 4.61. The number of carbonyl (C=O) groups excluding carboxylic acids is 2. The van der Waals surface area contributed by atoms with E-state index in [2.05, 4.69) is 33.6 Å². The van der Waals surface area contributed by atoms with Gasteiger partial charge in [-0.2, -0.15) is 0 Å². The predicted molar refractivity (Wildman–Crippen MR) is 172 cm³/mol. The Balaban J connectivity index is 0.000000238. The van der Waals surface area contributed by atoms with Crippen LogP contribution in [0.15, 0.2) is 89.9 Å². The molecule has 4 aromatic rings. The van der Waals surface area contributed by atoms with Crippen LogP contribution in [-0.2, 0) is 4.79 Å². The fraction of sp³-hybridized carbons (Fsp3) is 0.219. The van der Waals surface area contributed by atoms with Gasteiger partial charge in [-0.25, -0.2) is 4.98 Å². The Hall–Kier alpha value is -4.34. The third-order valence-corrected chi connectivity index (χ3v) is 7.01. The van der Waals surface area contributed by atoms with Gasteiger partial charge in [-0.3, -0.25) is 9.59 Å². The van der Waals surface area contributed by atoms with Gasteiger partial charge in [-0.15, -0.1) is 11.8 Å². The minimum absolute atomic E-state index is 0.0377. The number of carbonyl (C=O) groups is 2. The highest BCUT2D eigenvalue weighted by Gasteiger charge is 2.14. The number of nitrogens with one attached hydrogen (secondary N) is 3. The number of imidazole rings is 1. The summed E-state index contributed by atoms with van der Waals surface area (Å²) in [6.45, 7) is 2.76. The number of aromatic nitrogens is 2. The highest BCUT2D eigenvalue weighted by molar-refractivity contribution is 8.04. The lowest BCUT2D eigenvalue weighted by molar-refractivity contribution is -0.112. The molecular weight excluding hydrogens is 534 g/mol. The maximum absolute atomic E-state index is 12.2. The van der Waals surface area contributed by atoms with Crippen molar-refractivity contribution in [3.63, 3.8) is 0 Å². The zero-order valence-corrected chi connectivity index (χ0v) is 24.5. The van der Waals surface area contributed by atoms with Crippen molar-refractivity contribution in [1.29, 1.82) is 0 Å². The Kier molecular flexibility index (Phi) is 12.7. The molecule has 0 fully saturated rings. The number of amides is 1. The van der Waals surface area contributed by atoms with Gasteiger partial charge in [0.2, 0.25) is 0 Å². The van der Waals surface area contributed by atoms with Gasteiger partial charge >= 0.3 is 0 Å². The molecule has 2 heterocycles. The molecule has 0 aliphatic carbocycles. The number of hydrogen-bond donors (Lipinski definition) is 4. The largest absolute Gasteiger partial charge is 0.497 e. The minimum Gasteiger partial charge on any atom is -0.497 e. The normalized spacial score (nSPS) is 12.0. The van der Waals surface area contributed by atoms with E-state index in [9.17, 15) is 9.59 Å². The maximum Gasteiger partial charge on any atom is 0.261 e. The Morgan fingerprint density at radius 3 is 2.37 bits per heavy atom. The molecule has 0 atom stereocenters. The molecular formula is C32H37N5O3S. The molecule has 0 spiro atoms. The third-order valence-electron chi connectivity index (χ3n) is 5.91. The van der Waals surface area contributed by atoms with Gasteiger partial charge in [-0.1, -0.05) is 25.2 Å². The van der Waals surface area contributed by atoms with Crippen molar-refractivity contribution >= 4 is 46.4 Å². The molecule has 214 valence electrons. The minimum atomic E-state index is -0.0377. The third kappa shape index (κ3) is 9.66. The topological polar surface area (TPSA) is 122 Å². The SMILES string of the molecule is CC/C=C\CN.CNc1ccc(-c2nc3ccc(NC(=O)C4=CCCS4)cc3[nH]2)cc1.COc1ccc(C=O)cc1. The Morgan fingerprint density at radius 2 is 1.80 bits per heavy atom. The van der Waals surface area contributed by atoms with E-state index < -0.39 is 0 Å². The van der Waals surface area contributed by atoms with Crippen molar-refractivity contribution in [3.8, 4) is 17.1 Å². The summed E-state index contributed by atoms with van der Waals surface area (Å²) in [5.41, 5.74) is 10.4. The number of anilines is 2. The number of benzene rings is 3. The van der Waals surface area contributed by atoms with E-state index in [1.165, 1.54) is 0 Å². The Bertz CT molecular complexity index is 1460. The van der Waals surface area contributed by atoms with Gasteiger partial charge in [-0.05, 0) is 79.6 Å². The molecule has 1 amide bonds. The quantitative estimate of drug-likeness (QED) is 0.138. The standard InChI is InChI=1S/C19H18N4OS.C8H8O2.C5H11N/c1-20-13-6-4-12(5-7-13)18-22-15-9-8-14(11-16(15)23-18)21-19(24)17-3-2-10-25-17;1-10-8-4-2-7(6-9)3-5-8;1-2-3-4-5-6/h3-9,11,20H,2,10H2,1H3,(H,21,24)(H,22,23);2-6H,1H3;3-4H,2,5-6H2,1H3/b;;4-3-. The van der Waals surface area contributed by atoms with Gasteiger partial charge < -0.3 is 26.1 Å². The van der Waals surface area contributed by atoms with Crippen LogP contribution in [0.3, 0.4) is 0 Å². The number of rotatable bonds is 8. The molecule has 0 saturated carbocycles. The van der Waals surface area contributed by atoms with Crippen molar-refractivity contribution in [2.45, 2.75) is 19.8 Å². The summed E-state index contributed by atoms with van der Waals surface area (Å²) in [6, 6.07) is 20.7. The Morgan fingerprint density at radius 1 is 1.07 bits per heavy atom. The Labute approximate surface area is 245 Å². The molecule has 0 saturated heterocycles. The van der Waals surface area contributed by atoms with E-state index >= 15 is 0 Å². The summed E-state index contributed by atoms with van der Waals surface area (Å²) in [4.78, 5) is 31.1. The maximum atomic E-state index is 12.2. The van der Waals surface area contributed by atoms with Crippen molar-refractivity contribution in [1.82, 2.24) is 9.97 Å². The van der Waals surface area contributed by atoms with Crippen LogP contribution in [0.25, 0.3) is 22.4 Å². The first-order chi connectivity index (χ1) is 20.0. The fourth-order valence-electron chi connectivity index (χ4n) is 3.73. The number of methoxy groups -OCH3 is 1. The van der Waals surface area contributed by atoms with Crippen LogP contribution in [0.5, 0.6) is 5.75 Å². The number of aromatic amines is 1. The lowest BCUT2D eigenvalue weighted by Crippen LogP contribution is -2.11. The van der Waals surface area contributed by atoms with Gasteiger partial charge in [0.05, 0.1) is 23.0 Å². The highest BCUT2D eigenvalue weighted by Crippen LogP contribution is 2.27. The smallest absolute Gasteiger partial charge is 0.261 e. The number of ether oxygens (including phenoxy) is 1. The van der Waals surface area contributed by atoms with E-state index in [0.29, 0.717) is 12.1 Å². The number of fused-ring (bicyclic) bond motifs is 1. The van der Waals surface area contributed by atoms with Gasteiger partial charge in [0.1, 0.15) is 17.9 Å². The van der Waals surface area contributed by atoms with Crippen molar-refractivity contribution in [2.75, 3.05) is 37.1 Å². The predicted octanol–water partition coefficient (Wildman–Crippen LogP) is 6.65. The van der Waals surface area contributed by atoms with E-state index in [1.807, 2.05) is 61.7 Å². The summed E-state index contributed by atoms with van der Waals surface area (Å²) in [5.74, 6) is 2.53. The number of allylic oxidation sites excluding steroid dienone is 2. The number of H-pyrrole nitrogens is 1. The lowest BCUT2D eigenvalue weighted by Gasteiger charge is -2.05. The van der Waals surface area contributed by atoms with Crippen molar-refractivity contribution < 1.29 is 14.3 Å². The van der Waals surface area contributed by atoms with Crippen LogP contribution < -0.4 is 21.1 Å². The zero-order valence-electron chi connectivity index (χ0n) is 23.6. The summed E-state index contributed by atoms with van der Waals surface area (Å²) in [5, 5.41) is 6.06. The number of nitrogens with zero attached hydrogens (tertiary/aromatic N) is 1. The van der Waals surface area contributed by atoms with Crippen LogP contribution >= 0.6 is 11.8 Å². The molecule has 0 radical (unpaired) electrons. The van der Waals surface area contributed by atoms with Crippen LogP contribution in [0.2, 0.25) is 0 Å². The van der Waals surface area contributed by atoms with Gasteiger partial charge in [0.15, 0.2) is 0 Å². The second kappa shape index (κ2) is 16.7. The molecule has 41 heavy (non-hydrogen) atoms. The summed E-state index contributed by atoms with van der Waals surface area (Å²) in [6.07, 6.45) is 8.86. The molecule has 1 aliphatic heterocycles. The van der Waals surface area contributed by atoms with E-state index in [1.54, 1.807) is 43.1 Å². The van der Waals surface area contributed by atoms with Gasteiger partial charge in [0, 0.05) is 41.8 Å². The molecule has 3 aromatic carbocycles. The van der Waals surface area contributed by atoms with E-state index in [0.717, 1.165) is 69.3 Å². The van der Waals surface area contributed by atoms with Crippen LogP contribution in [0.4, 0.5) is 11.4 Å². The number of thioether (sulfide) groups is 1. The molecule has 0 bridgehead atoms. The number of hydrogen-bond acceptors (Lipinski definition) is 7. The molecule has 5 N–H and O–H groups in total. The first-order valence-electron chi connectivity index (χ1n) is 13.4. The van der Waals surface area contributed by atoms with Crippen molar-refractivity contribution in [2.24, 2.45) is 5.73 Å². The molecule has 9 heteroatoms. The average molecular weight is 572 g/mol. The second-order valence-corrected chi connectivity index (χ2v) is 9.95. The summed E-state index contributed by atoms with van der Waals surface area (Å²) < 4.78 is 4.90. The van der Waals surface area contributed by atoms with Crippen molar-refractivity contribution in [3.05, 3.63) is 95.4 Å². The van der Waals surface area contributed by atoms with E-state index in [4.69, 9.17) is 10.5 Å². The summed E-state index contributed by atoms with van der Waals surface area (Å²) in [7, 11) is 3.49. The average Bonchev–Trinajstić information content (AvgIpc) is 3.71. The number of aldehydes is 1. The first kappa shape index (κ1) is 31.2. The molecule has 1 aromatic heterocycles. The molecule has 1 aliphatic rings.